The molecule has 124 valence electrons. The van der Waals surface area contributed by atoms with Crippen molar-refractivity contribution < 1.29 is 9.34 Å². The summed E-state index contributed by atoms with van der Waals surface area (Å²) in [6.45, 7) is 1.73. The largest absolute Gasteiger partial charge is 0.465 e. The van der Waals surface area contributed by atoms with Gasteiger partial charge in [0.1, 0.15) is 10.9 Å². The lowest BCUT2D eigenvalue weighted by Gasteiger charge is -2.27. The number of pyridine rings is 1. The van der Waals surface area contributed by atoms with E-state index in [1.807, 2.05) is 11.0 Å². The molecule has 0 amide bonds. The molecule has 0 aliphatic carbocycles. The third-order valence-electron chi connectivity index (χ3n) is 3.56. The average molecular weight is 347 g/mol. The van der Waals surface area contributed by atoms with Crippen molar-refractivity contribution in [2.45, 2.75) is 13.0 Å². The SMILES string of the molecule is O=[N+]([O-])/C(=C/c1ccco1)C1=NCCCN1Cc1ccc(Cl)nc1. The molecule has 1 aliphatic rings. The fourth-order valence-corrected chi connectivity index (χ4v) is 2.59. The topological polar surface area (TPSA) is 84.8 Å². The summed E-state index contributed by atoms with van der Waals surface area (Å²) in [5.41, 5.74) is 0.835. The van der Waals surface area contributed by atoms with Crippen molar-refractivity contribution in [3.8, 4) is 0 Å². The quantitative estimate of drug-likeness (QED) is 0.471. The number of rotatable bonds is 5. The van der Waals surface area contributed by atoms with Gasteiger partial charge in [0.05, 0.1) is 17.3 Å². The maximum Gasteiger partial charge on any atom is 0.314 e. The van der Waals surface area contributed by atoms with Gasteiger partial charge in [-0.15, -0.1) is 0 Å². The minimum Gasteiger partial charge on any atom is -0.465 e. The first-order chi connectivity index (χ1) is 11.6. The highest BCUT2D eigenvalue weighted by molar-refractivity contribution is 6.29. The van der Waals surface area contributed by atoms with Gasteiger partial charge in [0.25, 0.3) is 0 Å². The van der Waals surface area contributed by atoms with Gasteiger partial charge in [0.15, 0.2) is 0 Å². The van der Waals surface area contributed by atoms with E-state index in [9.17, 15) is 10.1 Å². The summed E-state index contributed by atoms with van der Waals surface area (Å²) in [5.74, 6) is 0.778. The molecule has 0 atom stereocenters. The zero-order chi connectivity index (χ0) is 16.9. The Bertz CT molecular complexity index is 769. The van der Waals surface area contributed by atoms with Crippen molar-refractivity contribution in [1.82, 2.24) is 9.88 Å². The van der Waals surface area contributed by atoms with Gasteiger partial charge in [-0.3, -0.25) is 15.1 Å². The Morgan fingerprint density at radius 1 is 1.46 bits per heavy atom. The van der Waals surface area contributed by atoms with Crippen LogP contribution in [0.15, 0.2) is 51.8 Å². The zero-order valence-corrected chi connectivity index (χ0v) is 13.5. The lowest BCUT2D eigenvalue weighted by Crippen LogP contribution is -2.38. The highest BCUT2D eigenvalue weighted by atomic mass is 35.5. The van der Waals surface area contributed by atoms with Crippen LogP contribution in [0.2, 0.25) is 5.15 Å². The first-order valence-electron chi connectivity index (χ1n) is 7.43. The number of aliphatic imine (C=N–C) groups is 1. The first kappa shape index (κ1) is 16.2. The minimum absolute atomic E-state index is 0.0772. The summed E-state index contributed by atoms with van der Waals surface area (Å²) in [5, 5.41) is 11.9. The molecular formula is C16H15ClN4O3. The van der Waals surface area contributed by atoms with Crippen LogP contribution in [0.3, 0.4) is 0 Å². The predicted molar refractivity (Wildman–Crippen MR) is 90.3 cm³/mol. The number of furan rings is 1. The summed E-state index contributed by atoms with van der Waals surface area (Å²) >= 11 is 5.80. The third kappa shape index (κ3) is 3.80. The molecule has 2 aromatic heterocycles. The van der Waals surface area contributed by atoms with E-state index in [2.05, 4.69) is 9.98 Å². The van der Waals surface area contributed by atoms with Crippen LogP contribution in [-0.2, 0) is 6.54 Å². The molecule has 0 aromatic carbocycles. The van der Waals surface area contributed by atoms with Crippen molar-refractivity contribution in [2.75, 3.05) is 13.1 Å². The number of nitrogens with zero attached hydrogens (tertiary/aromatic N) is 4. The van der Waals surface area contributed by atoms with E-state index in [4.69, 9.17) is 16.0 Å². The summed E-state index contributed by atoms with van der Waals surface area (Å²) in [7, 11) is 0. The van der Waals surface area contributed by atoms with Gasteiger partial charge in [-0.05, 0) is 30.2 Å². The molecule has 0 saturated carbocycles. The second-order valence-electron chi connectivity index (χ2n) is 5.27. The van der Waals surface area contributed by atoms with Crippen LogP contribution in [-0.4, -0.2) is 33.7 Å². The number of hydrogen-bond donors (Lipinski definition) is 0. The molecule has 8 heteroatoms. The van der Waals surface area contributed by atoms with E-state index >= 15 is 0 Å². The summed E-state index contributed by atoms with van der Waals surface area (Å²) in [6, 6.07) is 6.90. The van der Waals surface area contributed by atoms with Gasteiger partial charge >= 0.3 is 5.70 Å². The van der Waals surface area contributed by atoms with Crippen LogP contribution in [0, 0.1) is 10.1 Å². The van der Waals surface area contributed by atoms with Crippen LogP contribution < -0.4 is 0 Å². The van der Waals surface area contributed by atoms with E-state index in [1.54, 1.807) is 24.4 Å². The van der Waals surface area contributed by atoms with Crippen LogP contribution >= 0.6 is 11.6 Å². The molecule has 2 aromatic rings. The molecular weight excluding hydrogens is 332 g/mol. The van der Waals surface area contributed by atoms with E-state index < -0.39 is 4.92 Å². The highest BCUT2D eigenvalue weighted by Gasteiger charge is 2.28. The second-order valence-corrected chi connectivity index (χ2v) is 5.66. The predicted octanol–water partition coefficient (Wildman–Crippen LogP) is 3.25. The lowest BCUT2D eigenvalue weighted by molar-refractivity contribution is -0.414. The van der Waals surface area contributed by atoms with E-state index in [-0.39, 0.29) is 5.70 Å². The number of aromatic nitrogens is 1. The number of halogens is 1. The second kappa shape index (κ2) is 7.27. The molecule has 3 rings (SSSR count). The van der Waals surface area contributed by atoms with Crippen molar-refractivity contribution in [2.24, 2.45) is 4.99 Å². The summed E-state index contributed by atoms with van der Waals surface area (Å²) in [4.78, 5) is 21.4. The Morgan fingerprint density at radius 3 is 3.00 bits per heavy atom. The fourth-order valence-electron chi connectivity index (χ4n) is 2.48. The van der Waals surface area contributed by atoms with Crippen molar-refractivity contribution in [3.63, 3.8) is 0 Å². The van der Waals surface area contributed by atoms with E-state index in [0.717, 1.165) is 12.0 Å². The van der Waals surface area contributed by atoms with Gasteiger partial charge in [-0.2, -0.15) is 0 Å². The van der Waals surface area contributed by atoms with Crippen molar-refractivity contribution in [3.05, 3.63) is 69.0 Å². The van der Waals surface area contributed by atoms with Gasteiger partial charge < -0.3 is 9.32 Å². The Balaban J connectivity index is 1.88. The molecule has 0 bridgehead atoms. The van der Waals surface area contributed by atoms with Crippen molar-refractivity contribution >= 4 is 23.5 Å². The summed E-state index contributed by atoms with van der Waals surface area (Å²) in [6.07, 6.45) is 5.38. The Hall–Kier alpha value is -2.67. The standard InChI is InChI=1S/C16H15ClN4O3/c17-15-5-4-12(10-19-15)11-20-7-2-6-18-16(20)14(21(22)23)9-13-3-1-8-24-13/h1,3-5,8-10H,2,6-7,11H2/b14-9+. The molecule has 24 heavy (non-hydrogen) atoms. The molecule has 0 N–H and O–H groups in total. The normalized spacial score (nSPS) is 15.3. The Kier molecular flexibility index (Phi) is 4.90. The van der Waals surface area contributed by atoms with Crippen LogP contribution in [0.25, 0.3) is 6.08 Å². The molecule has 0 radical (unpaired) electrons. The van der Waals surface area contributed by atoms with Gasteiger partial charge in [-0.1, -0.05) is 17.7 Å². The van der Waals surface area contributed by atoms with Crippen LogP contribution in [0.1, 0.15) is 17.7 Å². The number of amidine groups is 1. The average Bonchev–Trinajstić information content (AvgIpc) is 3.08. The molecule has 7 nitrogen and oxygen atoms in total. The Morgan fingerprint density at radius 2 is 2.33 bits per heavy atom. The Labute approximate surface area is 143 Å². The van der Waals surface area contributed by atoms with Crippen LogP contribution in [0.4, 0.5) is 0 Å². The number of nitro groups is 1. The maximum atomic E-state index is 11.5. The first-order valence-corrected chi connectivity index (χ1v) is 7.81. The number of hydrogen-bond acceptors (Lipinski definition) is 6. The van der Waals surface area contributed by atoms with Crippen LogP contribution in [0.5, 0.6) is 0 Å². The fraction of sp³-hybridized carbons (Fsp3) is 0.250. The third-order valence-corrected chi connectivity index (χ3v) is 3.78. The summed E-state index contributed by atoms with van der Waals surface area (Å²) < 4.78 is 5.19. The van der Waals surface area contributed by atoms with Gasteiger partial charge in [0.2, 0.25) is 5.84 Å². The van der Waals surface area contributed by atoms with Gasteiger partial charge in [-0.25, -0.2) is 4.98 Å². The highest BCUT2D eigenvalue weighted by Crippen LogP contribution is 2.18. The monoisotopic (exact) mass is 346 g/mol. The zero-order valence-electron chi connectivity index (χ0n) is 12.8. The lowest BCUT2D eigenvalue weighted by atomic mass is 10.2. The molecule has 1 aliphatic heterocycles. The van der Waals surface area contributed by atoms with E-state index in [0.29, 0.717) is 36.4 Å². The molecule has 0 spiro atoms. The molecule has 0 unspecified atom stereocenters. The molecule has 0 saturated heterocycles. The molecule has 3 heterocycles. The minimum atomic E-state index is -0.431. The maximum absolute atomic E-state index is 11.5. The van der Waals surface area contributed by atoms with E-state index in [1.165, 1.54) is 12.3 Å². The smallest absolute Gasteiger partial charge is 0.314 e. The molecule has 0 fully saturated rings. The van der Waals surface area contributed by atoms with Gasteiger partial charge in [0, 0.05) is 25.8 Å². The van der Waals surface area contributed by atoms with Crippen molar-refractivity contribution in [1.29, 1.82) is 0 Å².